The maximum absolute atomic E-state index is 14.3. The summed E-state index contributed by atoms with van der Waals surface area (Å²) in [6.45, 7) is 5.77. The first-order valence-corrected chi connectivity index (χ1v) is 15.4. The highest BCUT2D eigenvalue weighted by molar-refractivity contribution is 7.92. The zero-order valence-electron chi connectivity index (χ0n) is 24.2. The standard InChI is InChI=1S/C34H37N3O4S/c1-4-35-34(39)32(23-28-13-7-5-8-14-28)36(24-29-15-11-12-27(3)22-29)33(38)25-37(30-20-18-26(2)19-21-30)42(40,41)31-16-9-6-10-17-31/h5-22,32H,4,23-25H2,1-3H3,(H,35,39)/t32-/m1/s1. The zero-order valence-corrected chi connectivity index (χ0v) is 25.1. The maximum atomic E-state index is 14.3. The fourth-order valence-corrected chi connectivity index (χ4v) is 6.25. The van der Waals surface area contributed by atoms with Gasteiger partial charge in [0.15, 0.2) is 0 Å². The van der Waals surface area contributed by atoms with Crippen molar-refractivity contribution in [2.24, 2.45) is 0 Å². The third-order valence-electron chi connectivity index (χ3n) is 6.99. The maximum Gasteiger partial charge on any atom is 0.264 e. The van der Waals surface area contributed by atoms with Gasteiger partial charge in [-0.15, -0.1) is 0 Å². The molecular weight excluding hydrogens is 546 g/mol. The van der Waals surface area contributed by atoms with Gasteiger partial charge < -0.3 is 10.2 Å². The number of likely N-dealkylation sites (N-methyl/N-ethyl adjacent to an activating group) is 1. The van der Waals surface area contributed by atoms with Gasteiger partial charge in [-0.25, -0.2) is 8.42 Å². The second kappa shape index (κ2) is 14.0. The average molecular weight is 584 g/mol. The molecule has 0 saturated carbocycles. The number of amides is 2. The predicted octanol–water partition coefficient (Wildman–Crippen LogP) is 5.27. The van der Waals surface area contributed by atoms with Crippen molar-refractivity contribution in [2.75, 3.05) is 17.4 Å². The topological polar surface area (TPSA) is 86.8 Å². The number of hydrogen-bond acceptors (Lipinski definition) is 4. The van der Waals surface area contributed by atoms with Crippen LogP contribution in [0.4, 0.5) is 5.69 Å². The number of sulfonamides is 1. The summed E-state index contributed by atoms with van der Waals surface area (Å²) in [6.07, 6.45) is 0.278. The number of nitrogens with zero attached hydrogens (tertiary/aromatic N) is 2. The molecule has 0 aliphatic rings. The molecule has 0 heterocycles. The number of nitrogens with one attached hydrogen (secondary N) is 1. The van der Waals surface area contributed by atoms with E-state index in [9.17, 15) is 18.0 Å². The zero-order chi connectivity index (χ0) is 30.1. The SMILES string of the molecule is CCNC(=O)[C@@H](Cc1ccccc1)N(Cc1cccc(C)c1)C(=O)CN(c1ccc(C)cc1)S(=O)(=O)c1ccccc1. The van der Waals surface area contributed by atoms with Crippen LogP contribution in [-0.4, -0.2) is 44.3 Å². The van der Waals surface area contributed by atoms with Crippen molar-refractivity contribution in [3.63, 3.8) is 0 Å². The minimum atomic E-state index is -4.10. The predicted molar refractivity (Wildman–Crippen MR) is 166 cm³/mol. The number of hydrogen-bond donors (Lipinski definition) is 1. The van der Waals surface area contributed by atoms with E-state index in [1.165, 1.54) is 17.0 Å². The lowest BCUT2D eigenvalue weighted by molar-refractivity contribution is -0.140. The van der Waals surface area contributed by atoms with Crippen LogP contribution < -0.4 is 9.62 Å². The van der Waals surface area contributed by atoms with Crippen LogP contribution in [0.25, 0.3) is 0 Å². The van der Waals surface area contributed by atoms with Crippen LogP contribution in [0, 0.1) is 13.8 Å². The van der Waals surface area contributed by atoms with Gasteiger partial charge in [0.2, 0.25) is 11.8 Å². The molecule has 218 valence electrons. The summed E-state index contributed by atoms with van der Waals surface area (Å²) in [4.78, 5) is 29.5. The van der Waals surface area contributed by atoms with Crippen LogP contribution in [0.2, 0.25) is 0 Å². The summed E-state index contributed by atoms with van der Waals surface area (Å²) < 4.78 is 29.0. The van der Waals surface area contributed by atoms with Crippen LogP contribution in [0.1, 0.15) is 29.2 Å². The first-order chi connectivity index (χ1) is 20.2. The van der Waals surface area contributed by atoms with Crippen molar-refractivity contribution < 1.29 is 18.0 Å². The molecule has 2 amide bonds. The summed E-state index contributed by atoms with van der Waals surface area (Å²) in [5, 5.41) is 2.88. The highest BCUT2D eigenvalue weighted by Crippen LogP contribution is 2.25. The lowest BCUT2D eigenvalue weighted by atomic mass is 10.0. The lowest BCUT2D eigenvalue weighted by Crippen LogP contribution is -2.53. The molecule has 0 aliphatic heterocycles. The second-order valence-electron chi connectivity index (χ2n) is 10.3. The van der Waals surface area contributed by atoms with Crippen molar-refractivity contribution >= 4 is 27.5 Å². The first-order valence-electron chi connectivity index (χ1n) is 14.0. The number of carbonyl (C=O) groups excluding carboxylic acids is 2. The van der Waals surface area contributed by atoms with Crippen molar-refractivity contribution in [1.82, 2.24) is 10.2 Å². The van der Waals surface area contributed by atoms with Gasteiger partial charge in [0.1, 0.15) is 12.6 Å². The molecule has 0 unspecified atom stereocenters. The van der Waals surface area contributed by atoms with Crippen molar-refractivity contribution in [1.29, 1.82) is 0 Å². The summed E-state index contributed by atoms with van der Waals surface area (Å²) in [5.74, 6) is -0.779. The van der Waals surface area contributed by atoms with E-state index in [4.69, 9.17) is 0 Å². The van der Waals surface area contributed by atoms with E-state index in [1.807, 2.05) is 87.5 Å². The molecule has 0 aliphatic carbocycles. The molecule has 0 saturated heterocycles. The third-order valence-corrected chi connectivity index (χ3v) is 8.78. The third kappa shape index (κ3) is 7.64. The molecule has 4 rings (SSSR count). The summed E-state index contributed by atoms with van der Waals surface area (Å²) in [7, 11) is -4.10. The number of anilines is 1. The molecule has 1 atom stereocenters. The van der Waals surface area contributed by atoms with Gasteiger partial charge in [0, 0.05) is 19.5 Å². The molecule has 4 aromatic rings. The van der Waals surface area contributed by atoms with E-state index in [2.05, 4.69) is 5.32 Å². The van der Waals surface area contributed by atoms with E-state index < -0.39 is 28.5 Å². The van der Waals surface area contributed by atoms with E-state index in [-0.39, 0.29) is 23.8 Å². The Morgan fingerprint density at radius 1 is 0.762 bits per heavy atom. The number of aryl methyl sites for hydroxylation is 2. The Bertz CT molecular complexity index is 1590. The monoisotopic (exact) mass is 583 g/mol. The van der Waals surface area contributed by atoms with Crippen LogP contribution in [-0.2, 0) is 32.6 Å². The van der Waals surface area contributed by atoms with Gasteiger partial charge >= 0.3 is 0 Å². The van der Waals surface area contributed by atoms with Gasteiger partial charge in [0.05, 0.1) is 10.6 Å². The molecule has 7 nitrogen and oxygen atoms in total. The minimum Gasteiger partial charge on any atom is -0.355 e. The number of rotatable bonds is 12. The summed E-state index contributed by atoms with van der Waals surface area (Å²) >= 11 is 0. The van der Waals surface area contributed by atoms with Crippen molar-refractivity contribution in [2.45, 2.75) is 44.7 Å². The average Bonchev–Trinajstić information content (AvgIpc) is 2.99. The Morgan fingerprint density at radius 2 is 1.38 bits per heavy atom. The fourth-order valence-electron chi connectivity index (χ4n) is 4.81. The number of carbonyl (C=O) groups is 2. The Hall–Kier alpha value is -4.43. The van der Waals surface area contributed by atoms with Crippen LogP contribution in [0.15, 0.2) is 114 Å². The summed E-state index contributed by atoms with van der Waals surface area (Å²) in [5.41, 5.74) is 4.08. The molecule has 0 fully saturated rings. The van der Waals surface area contributed by atoms with Gasteiger partial charge in [-0.1, -0.05) is 96.1 Å². The quantitative estimate of drug-likeness (QED) is 0.246. The molecule has 1 N–H and O–H groups in total. The van der Waals surface area contributed by atoms with E-state index >= 15 is 0 Å². The molecular formula is C34H37N3O4S. The molecule has 8 heteroatoms. The second-order valence-corrected chi connectivity index (χ2v) is 12.1. The molecule has 0 radical (unpaired) electrons. The van der Waals surface area contributed by atoms with Crippen LogP contribution in [0.5, 0.6) is 0 Å². The fraction of sp³-hybridized carbons (Fsp3) is 0.235. The van der Waals surface area contributed by atoms with E-state index in [0.717, 1.165) is 26.6 Å². The summed E-state index contributed by atoms with van der Waals surface area (Å²) in [6, 6.07) is 31.5. The normalized spacial score (nSPS) is 11.9. The minimum absolute atomic E-state index is 0.0770. The van der Waals surface area contributed by atoms with Crippen LogP contribution >= 0.6 is 0 Å². The molecule has 42 heavy (non-hydrogen) atoms. The molecule has 4 aromatic carbocycles. The van der Waals surface area contributed by atoms with Crippen LogP contribution in [0.3, 0.4) is 0 Å². The van der Waals surface area contributed by atoms with E-state index in [0.29, 0.717) is 12.2 Å². The molecule has 0 aromatic heterocycles. The van der Waals surface area contributed by atoms with Gasteiger partial charge in [-0.3, -0.25) is 13.9 Å². The Labute approximate surface area is 248 Å². The van der Waals surface area contributed by atoms with Gasteiger partial charge in [-0.2, -0.15) is 0 Å². The van der Waals surface area contributed by atoms with Crippen molar-refractivity contribution in [3.05, 3.63) is 131 Å². The first kappa shape index (κ1) is 30.5. The molecule has 0 bridgehead atoms. The van der Waals surface area contributed by atoms with Gasteiger partial charge in [-0.05, 0) is 56.2 Å². The molecule has 0 spiro atoms. The highest BCUT2D eigenvalue weighted by atomic mass is 32.2. The largest absolute Gasteiger partial charge is 0.355 e. The Balaban J connectivity index is 1.78. The van der Waals surface area contributed by atoms with Gasteiger partial charge in [0.25, 0.3) is 10.0 Å². The number of benzene rings is 4. The lowest BCUT2D eigenvalue weighted by Gasteiger charge is -2.34. The highest BCUT2D eigenvalue weighted by Gasteiger charge is 2.34. The Kier molecular flexibility index (Phi) is 10.1. The van der Waals surface area contributed by atoms with E-state index in [1.54, 1.807) is 30.3 Å². The smallest absolute Gasteiger partial charge is 0.264 e. The Morgan fingerprint density at radius 3 is 2.00 bits per heavy atom. The van der Waals surface area contributed by atoms with Crippen molar-refractivity contribution in [3.8, 4) is 0 Å².